The highest BCUT2D eigenvalue weighted by Crippen LogP contribution is 2.31. The molecular weight excluding hydrogens is 492 g/mol. The van der Waals surface area contributed by atoms with Crippen LogP contribution in [0.1, 0.15) is 49.9 Å². The van der Waals surface area contributed by atoms with Crippen molar-refractivity contribution in [2.45, 2.75) is 45.1 Å². The molecule has 0 saturated heterocycles. The van der Waals surface area contributed by atoms with Crippen LogP contribution in [-0.2, 0) is 26.1 Å². The van der Waals surface area contributed by atoms with Gasteiger partial charge in [-0.15, -0.1) is 12.4 Å². The number of aromatic nitrogens is 1. The minimum atomic E-state index is -0.746. The highest BCUT2D eigenvalue weighted by Gasteiger charge is 2.31. The van der Waals surface area contributed by atoms with Crippen LogP contribution >= 0.6 is 12.4 Å². The second-order valence-corrected chi connectivity index (χ2v) is 9.19. The topological polar surface area (TPSA) is 104 Å². The summed E-state index contributed by atoms with van der Waals surface area (Å²) in [4.78, 5) is 32.0. The van der Waals surface area contributed by atoms with Gasteiger partial charge in [0.25, 0.3) is 11.8 Å². The molecule has 2 amide bonds. The molecule has 1 aromatic heterocycles. The molecular formula is C28H31ClN4O4. The highest BCUT2D eigenvalue weighted by molar-refractivity contribution is 6.03. The Hall–Kier alpha value is -3.46. The standard InChI is InChI=1S/C28H30N4O4.ClH/c1-2-36-26-13-22-21(17-32(28(22)35)16-18-7-9-29-10-8-18)11-23(26)27(34)31-15-25(33)24-12-19-5-3-4-6-20(19)14-30-24;/h3-11,13,24-25,30,33H,2,12,14-17H2,1H3,(H,31,34);1H. The number of hydrogen-bond acceptors (Lipinski definition) is 6. The third-order valence-corrected chi connectivity index (χ3v) is 6.80. The van der Waals surface area contributed by atoms with E-state index in [1.54, 1.807) is 29.4 Å². The number of amides is 2. The number of aliphatic hydroxyl groups is 1. The predicted octanol–water partition coefficient (Wildman–Crippen LogP) is 2.86. The molecule has 0 bridgehead atoms. The van der Waals surface area contributed by atoms with Gasteiger partial charge in [-0.25, -0.2) is 0 Å². The van der Waals surface area contributed by atoms with E-state index in [4.69, 9.17) is 4.74 Å². The van der Waals surface area contributed by atoms with E-state index in [0.717, 1.165) is 11.1 Å². The molecule has 2 atom stereocenters. The molecule has 2 unspecified atom stereocenters. The van der Waals surface area contributed by atoms with E-state index in [0.29, 0.717) is 49.5 Å². The summed E-state index contributed by atoms with van der Waals surface area (Å²) in [7, 11) is 0. The largest absolute Gasteiger partial charge is 0.493 e. The minimum Gasteiger partial charge on any atom is -0.493 e. The Bertz CT molecular complexity index is 1270. The molecule has 2 aromatic carbocycles. The summed E-state index contributed by atoms with van der Waals surface area (Å²) in [5.74, 6) is -0.0580. The van der Waals surface area contributed by atoms with Gasteiger partial charge in [-0.3, -0.25) is 14.6 Å². The zero-order valence-electron chi connectivity index (χ0n) is 20.6. The Morgan fingerprint density at radius 3 is 2.70 bits per heavy atom. The molecule has 2 aliphatic rings. The first kappa shape index (κ1) is 26.6. The lowest BCUT2D eigenvalue weighted by molar-refractivity contribution is 0.0766. The monoisotopic (exact) mass is 522 g/mol. The maximum atomic E-state index is 13.2. The molecule has 8 nitrogen and oxygen atoms in total. The van der Waals surface area contributed by atoms with E-state index in [2.05, 4.69) is 27.8 Å². The Kier molecular flexibility index (Phi) is 8.43. The van der Waals surface area contributed by atoms with Crippen molar-refractivity contribution >= 4 is 24.2 Å². The number of halogens is 1. The molecule has 5 rings (SSSR count). The fraction of sp³-hybridized carbons (Fsp3) is 0.321. The molecule has 0 fully saturated rings. The molecule has 3 aromatic rings. The molecule has 0 spiro atoms. The Morgan fingerprint density at radius 1 is 1.19 bits per heavy atom. The first-order valence-corrected chi connectivity index (χ1v) is 12.3. The molecule has 0 saturated carbocycles. The number of hydrogen-bond donors (Lipinski definition) is 3. The Balaban J connectivity index is 0.00000320. The average Bonchev–Trinajstić information content (AvgIpc) is 3.21. The highest BCUT2D eigenvalue weighted by atomic mass is 35.5. The Morgan fingerprint density at radius 2 is 1.95 bits per heavy atom. The predicted molar refractivity (Wildman–Crippen MR) is 142 cm³/mol. The van der Waals surface area contributed by atoms with Crippen molar-refractivity contribution in [1.82, 2.24) is 20.5 Å². The van der Waals surface area contributed by atoms with E-state index >= 15 is 0 Å². The number of pyridine rings is 1. The maximum Gasteiger partial charge on any atom is 0.255 e. The lowest BCUT2D eigenvalue weighted by atomic mass is 9.93. The number of rotatable bonds is 8. The molecule has 2 aliphatic heterocycles. The van der Waals surface area contributed by atoms with Crippen LogP contribution in [0.5, 0.6) is 5.75 Å². The van der Waals surface area contributed by atoms with Crippen LogP contribution in [0.4, 0.5) is 0 Å². The van der Waals surface area contributed by atoms with Crippen LogP contribution in [0.3, 0.4) is 0 Å². The van der Waals surface area contributed by atoms with Crippen molar-refractivity contribution < 1.29 is 19.4 Å². The van der Waals surface area contributed by atoms with Crippen LogP contribution in [-0.4, -0.2) is 52.1 Å². The zero-order valence-corrected chi connectivity index (χ0v) is 21.5. The van der Waals surface area contributed by atoms with Crippen molar-refractivity contribution in [3.05, 3.63) is 94.3 Å². The number of benzene rings is 2. The SMILES string of the molecule is CCOc1cc2c(cc1C(=O)NCC(O)C1Cc3ccccc3CN1)CN(Cc1ccncc1)C2=O.Cl. The van der Waals surface area contributed by atoms with E-state index in [-0.39, 0.29) is 36.8 Å². The van der Waals surface area contributed by atoms with Crippen molar-refractivity contribution in [2.24, 2.45) is 0 Å². The zero-order chi connectivity index (χ0) is 25.1. The van der Waals surface area contributed by atoms with E-state index < -0.39 is 6.10 Å². The van der Waals surface area contributed by atoms with Crippen molar-refractivity contribution in [1.29, 1.82) is 0 Å². The fourth-order valence-electron chi connectivity index (χ4n) is 4.88. The third kappa shape index (κ3) is 5.77. The van der Waals surface area contributed by atoms with E-state index in [9.17, 15) is 14.7 Å². The van der Waals surface area contributed by atoms with E-state index in [1.165, 1.54) is 11.1 Å². The molecule has 9 heteroatoms. The normalized spacial score (nSPS) is 16.9. The summed E-state index contributed by atoms with van der Waals surface area (Å²) in [5, 5.41) is 17.0. The lowest BCUT2D eigenvalue weighted by Gasteiger charge is -2.30. The number of nitrogens with one attached hydrogen (secondary N) is 2. The van der Waals surface area contributed by atoms with Gasteiger partial charge in [-0.05, 0) is 59.9 Å². The number of carbonyl (C=O) groups excluding carboxylic acids is 2. The van der Waals surface area contributed by atoms with Gasteiger partial charge < -0.3 is 25.4 Å². The lowest BCUT2D eigenvalue weighted by Crippen LogP contribution is -2.49. The van der Waals surface area contributed by atoms with Gasteiger partial charge in [-0.1, -0.05) is 24.3 Å². The molecule has 0 radical (unpaired) electrons. The van der Waals surface area contributed by atoms with Crippen LogP contribution in [0.15, 0.2) is 60.9 Å². The molecule has 0 aliphatic carbocycles. The molecule has 194 valence electrons. The molecule has 3 heterocycles. The number of aliphatic hydroxyl groups excluding tert-OH is 1. The summed E-state index contributed by atoms with van der Waals surface area (Å²) in [6, 6.07) is 15.2. The average molecular weight is 523 g/mol. The summed E-state index contributed by atoms with van der Waals surface area (Å²) in [6.45, 7) is 3.87. The second kappa shape index (κ2) is 11.7. The van der Waals surface area contributed by atoms with Crippen LogP contribution in [0.25, 0.3) is 0 Å². The molecule has 3 N–H and O–H groups in total. The number of nitrogens with zero attached hydrogens (tertiary/aromatic N) is 2. The van der Waals surface area contributed by atoms with Gasteiger partial charge in [0.05, 0.1) is 18.3 Å². The fourth-order valence-corrected chi connectivity index (χ4v) is 4.88. The van der Waals surface area contributed by atoms with Crippen LogP contribution < -0.4 is 15.4 Å². The van der Waals surface area contributed by atoms with Gasteiger partial charge in [0.2, 0.25) is 0 Å². The van der Waals surface area contributed by atoms with Crippen LogP contribution in [0.2, 0.25) is 0 Å². The maximum absolute atomic E-state index is 13.2. The first-order valence-electron chi connectivity index (χ1n) is 12.3. The van der Waals surface area contributed by atoms with Crippen LogP contribution in [0, 0.1) is 0 Å². The number of carbonyl (C=O) groups is 2. The first-order chi connectivity index (χ1) is 17.5. The Labute approximate surface area is 222 Å². The van der Waals surface area contributed by atoms with Gasteiger partial charge in [0.1, 0.15) is 5.75 Å². The summed E-state index contributed by atoms with van der Waals surface area (Å²) in [5.41, 5.74) is 5.13. The van der Waals surface area contributed by atoms with Gasteiger partial charge in [-0.2, -0.15) is 0 Å². The summed E-state index contributed by atoms with van der Waals surface area (Å²) < 4.78 is 5.73. The minimum absolute atomic E-state index is 0. The third-order valence-electron chi connectivity index (χ3n) is 6.80. The smallest absolute Gasteiger partial charge is 0.255 e. The summed E-state index contributed by atoms with van der Waals surface area (Å²) in [6.07, 6.45) is 3.36. The second-order valence-electron chi connectivity index (χ2n) is 9.19. The van der Waals surface area contributed by atoms with Gasteiger partial charge >= 0.3 is 0 Å². The quantitative estimate of drug-likeness (QED) is 0.420. The number of fused-ring (bicyclic) bond motifs is 2. The van der Waals surface area contributed by atoms with Crippen molar-refractivity contribution in [3.8, 4) is 5.75 Å². The van der Waals surface area contributed by atoms with Gasteiger partial charge in [0.15, 0.2) is 0 Å². The number of ether oxygens (including phenoxy) is 1. The molecule has 37 heavy (non-hydrogen) atoms. The van der Waals surface area contributed by atoms with Gasteiger partial charge in [0, 0.05) is 50.2 Å². The summed E-state index contributed by atoms with van der Waals surface area (Å²) >= 11 is 0. The van der Waals surface area contributed by atoms with Crippen molar-refractivity contribution in [3.63, 3.8) is 0 Å². The van der Waals surface area contributed by atoms with E-state index in [1.807, 2.05) is 31.2 Å². The van der Waals surface area contributed by atoms with Crippen molar-refractivity contribution in [2.75, 3.05) is 13.2 Å².